The summed E-state index contributed by atoms with van der Waals surface area (Å²) >= 11 is 1.71. The van der Waals surface area contributed by atoms with Crippen molar-refractivity contribution in [3.63, 3.8) is 0 Å². The molecule has 1 aromatic rings. The zero-order chi connectivity index (χ0) is 12.8. The summed E-state index contributed by atoms with van der Waals surface area (Å²) < 4.78 is 0. The summed E-state index contributed by atoms with van der Waals surface area (Å²) in [7, 11) is 1.66. The average Bonchev–Trinajstić information content (AvgIpc) is 2.75. The monoisotopic (exact) mass is 255 g/mol. The maximum absolute atomic E-state index is 11.5. The minimum absolute atomic E-state index is 0.0273. The largest absolute Gasteiger partial charge is 0.358 e. The minimum atomic E-state index is 0.0273. The smallest absolute Gasteiger partial charge is 0.233 e. The molecule has 1 rings (SSSR count). The number of amides is 1. The van der Waals surface area contributed by atoms with E-state index in [4.69, 9.17) is 5.73 Å². The zero-order valence-corrected chi connectivity index (χ0v) is 11.5. The maximum atomic E-state index is 11.5. The third-order valence-corrected chi connectivity index (χ3v) is 4.02. The molecule has 0 saturated heterocycles. The fraction of sp³-hybridized carbons (Fsp3) is 0.583. The van der Waals surface area contributed by atoms with Gasteiger partial charge in [0.2, 0.25) is 5.91 Å². The molecule has 17 heavy (non-hydrogen) atoms. The fourth-order valence-electron chi connectivity index (χ4n) is 1.85. The van der Waals surface area contributed by atoms with E-state index >= 15 is 0 Å². The van der Waals surface area contributed by atoms with E-state index in [-0.39, 0.29) is 11.9 Å². The predicted molar refractivity (Wildman–Crippen MR) is 72.2 cm³/mol. The van der Waals surface area contributed by atoms with E-state index in [9.17, 15) is 4.79 Å². The molecule has 0 radical (unpaired) electrons. The van der Waals surface area contributed by atoms with Crippen LogP contribution in [0.3, 0.4) is 0 Å². The molecule has 0 aliphatic rings. The Kier molecular flexibility index (Phi) is 5.61. The van der Waals surface area contributed by atoms with Crippen LogP contribution in [-0.4, -0.2) is 37.5 Å². The molecular weight excluding hydrogens is 234 g/mol. The van der Waals surface area contributed by atoms with Crippen molar-refractivity contribution >= 4 is 17.2 Å². The Hall–Kier alpha value is -0.910. The number of hydrogen-bond donors (Lipinski definition) is 2. The Bertz CT molecular complexity index is 364. The third kappa shape index (κ3) is 3.52. The Morgan fingerprint density at radius 3 is 2.76 bits per heavy atom. The van der Waals surface area contributed by atoms with E-state index in [1.54, 1.807) is 18.4 Å². The number of nitrogens with zero attached hydrogens (tertiary/aromatic N) is 1. The van der Waals surface area contributed by atoms with Gasteiger partial charge in [-0.25, -0.2) is 0 Å². The topological polar surface area (TPSA) is 58.4 Å². The quantitative estimate of drug-likeness (QED) is 0.801. The molecular formula is C12H21N3OS. The van der Waals surface area contributed by atoms with Crippen molar-refractivity contribution in [1.29, 1.82) is 0 Å². The average molecular weight is 255 g/mol. The molecule has 1 unspecified atom stereocenters. The number of rotatable bonds is 6. The van der Waals surface area contributed by atoms with Crippen molar-refractivity contribution in [2.75, 3.05) is 26.7 Å². The Balaban J connectivity index is 2.84. The van der Waals surface area contributed by atoms with Crippen LogP contribution in [0, 0.1) is 6.92 Å². The fourth-order valence-corrected chi connectivity index (χ4v) is 2.93. The lowest BCUT2D eigenvalue weighted by molar-refractivity contribution is -0.122. The maximum Gasteiger partial charge on any atom is 0.233 e. The van der Waals surface area contributed by atoms with Crippen molar-refractivity contribution in [3.8, 4) is 0 Å². The zero-order valence-electron chi connectivity index (χ0n) is 10.7. The van der Waals surface area contributed by atoms with Crippen molar-refractivity contribution in [2.24, 2.45) is 5.73 Å². The first-order valence-corrected chi connectivity index (χ1v) is 6.70. The molecule has 0 bridgehead atoms. The minimum Gasteiger partial charge on any atom is -0.358 e. The van der Waals surface area contributed by atoms with Crippen LogP contribution in [0.2, 0.25) is 0 Å². The van der Waals surface area contributed by atoms with E-state index < -0.39 is 0 Å². The van der Waals surface area contributed by atoms with Gasteiger partial charge in [0.05, 0.1) is 12.6 Å². The van der Waals surface area contributed by atoms with Crippen LogP contribution in [0.4, 0.5) is 0 Å². The summed E-state index contributed by atoms with van der Waals surface area (Å²) in [4.78, 5) is 14.8. The van der Waals surface area contributed by atoms with Gasteiger partial charge in [-0.1, -0.05) is 6.92 Å². The summed E-state index contributed by atoms with van der Waals surface area (Å²) in [6.07, 6.45) is 0. The number of hydrogen-bond acceptors (Lipinski definition) is 4. The first-order valence-electron chi connectivity index (χ1n) is 5.82. The normalized spacial score (nSPS) is 12.8. The van der Waals surface area contributed by atoms with Crippen LogP contribution >= 0.6 is 11.3 Å². The highest BCUT2D eigenvalue weighted by Crippen LogP contribution is 2.27. The predicted octanol–water partition coefficient (Wildman–Crippen LogP) is 1.12. The number of nitrogens with two attached hydrogens (primary N) is 1. The lowest BCUT2D eigenvalue weighted by Crippen LogP contribution is -2.40. The first kappa shape index (κ1) is 14.2. The lowest BCUT2D eigenvalue weighted by Gasteiger charge is -2.28. The Morgan fingerprint density at radius 1 is 1.65 bits per heavy atom. The summed E-state index contributed by atoms with van der Waals surface area (Å²) in [5, 5.41) is 4.72. The molecule has 0 fully saturated rings. The Morgan fingerprint density at radius 2 is 2.35 bits per heavy atom. The van der Waals surface area contributed by atoms with Gasteiger partial charge in [-0.2, -0.15) is 0 Å². The third-order valence-electron chi connectivity index (χ3n) is 2.90. The lowest BCUT2D eigenvalue weighted by atomic mass is 10.1. The van der Waals surface area contributed by atoms with Crippen molar-refractivity contribution < 1.29 is 4.79 Å². The van der Waals surface area contributed by atoms with Crippen LogP contribution < -0.4 is 11.1 Å². The molecule has 0 aromatic carbocycles. The van der Waals surface area contributed by atoms with Crippen LogP contribution in [-0.2, 0) is 4.79 Å². The van der Waals surface area contributed by atoms with E-state index in [1.807, 2.05) is 0 Å². The van der Waals surface area contributed by atoms with E-state index in [1.165, 1.54) is 10.4 Å². The number of thiophene rings is 1. The second-order valence-electron chi connectivity index (χ2n) is 3.96. The van der Waals surface area contributed by atoms with Gasteiger partial charge in [-0.3, -0.25) is 9.69 Å². The van der Waals surface area contributed by atoms with Gasteiger partial charge in [0.25, 0.3) is 0 Å². The summed E-state index contributed by atoms with van der Waals surface area (Å²) in [5.41, 5.74) is 7.11. The molecule has 0 saturated carbocycles. The van der Waals surface area contributed by atoms with Crippen LogP contribution in [0.15, 0.2) is 11.4 Å². The highest BCUT2D eigenvalue weighted by Gasteiger charge is 2.22. The molecule has 3 N–H and O–H groups in total. The highest BCUT2D eigenvalue weighted by atomic mass is 32.1. The summed E-state index contributed by atoms with van der Waals surface area (Å²) in [6.45, 7) is 5.88. The molecule has 96 valence electrons. The van der Waals surface area contributed by atoms with Gasteiger partial charge < -0.3 is 11.1 Å². The number of nitrogens with one attached hydrogen (secondary N) is 1. The van der Waals surface area contributed by atoms with Crippen LogP contribution in [0.5, 0.6) is 0 Å². The van der Waals surface area contributed by atoms with E-state index in [0.717, 1.165) is 6.54 Å². The van der Waals surface area contributed by atoms with E-state index in [0.29, 0.717) is 13.1 Å². The number of carbonyl (C=O) groups is 1. The second-order valence-corrected chi connectivity index (χ2v) is 4.90. The molecule has 5 heteroatoms. The van der Waals surface area contributed by atoms with Gasteiger partial charge in [-0.15, -0.1) is 11.3 Å². The number of carbonyl (C=O) groups excluding carboxylic acids is 1. The van der Waals surface area contributed by atoms with E-state index in [2.05, 4.69) is 35.5 Å². The first-order chi connectivity index (χ1) is 8.13. The molecule has 1 heterocycles. The van der Waals surface area contributed by atoms with Gasteiger partial charge in [0, 0.05) is 18.5 Å². The molecule has 0 aliphatic heterocycles. The highest BCUT2D eigenvalue weighted by molar-refractivity contribution is 7.10. The molecule has 1 amide bonds. The molecule has 0 aliphatic carbocycles. The number of aryl methyl sites for hydroxylation is 1. The molecule has 1 aromatic heterocycles. The standard InChI is InChI=1S/C12H21N3OS/c1-4-15(8-11(16)14-3)10(7-13)12-9(2)5-6-17-12/h5-6,10H,4,7-8,13H2,1-3H3,(H,14,16). The SMILES string of the molecule is CCN(CC(=O)NC)C(CN)c1sccc1C. The van der Waals surface area contributed by atoms with Crippen LogP contribution in [0.1, 0.15) is 23.4 Å². The second kappa shape index (κ2) is 6.74. The van der Waals surface area contributed by atoms with Crippen LogP contribution in [0.25, 0.3) is 0 Å². The molecule has 0 spiro atoms. The molecule has 4 nitrogen and oxygen atoms in total. The van der Waals surface area contributed by atoms with Gasteiger partial charge in [-0.05, 0) is 30.5 Å². The van der Waals surface area contributed by atoms with Gasteiger partial charge >= 0.3 is 0 Å². The van der Waals surface area contributed by atoms with Gasteiger partial charge in [0.15, 0.2) is 0 Å². The summed E-state index contributed by atoms with van der Waals surface area (Å²) in [6, 6.07) is 2.23. The summed E-state index contributed by atoms with van der Waals surface area (Å²) in [5.74, 6) is 0.0273. The number of likely N-dealkylation sites (N-methyl/N-ethyl adjacent to an activating group) is 2. The molecule has 1 atom stereocenters. The van der Waals surface area contributed by atoms with Crippen molar-refractivity contribution in [3.05, 3.63) is 21.9 Å². The van der Waals surface area contributed by atoms with Crippen molar-refractivity contribution in [2.45, 2.75) is 19.9 Å². The van der Waals surface area contributed by atoms with Crippen molar-refractivity contribution in [1.82, 2.24) is 10.2 Å². The Labute approximate surface area is 107 Å². The van der Waals surface area contributed by atoms with Gasteiger partial charge in [0.1, 0.15) is 0 Å².